The zero-order valence-electron chi connectivity index (χ0n) is 15.6. The lowest BCUT2D eigenvalue weighted by atomic mass is 9.87. The highest BCUT2D eigenvalue weighted by Crippen LogP contribution is 2.38. The van der Waals surface area contributed by atoms with Gasteiger partial charge in [0.05, 0.1) is 14.2 Å². The van der Waals surface area contributed by atoms with E-state index in [2.05, 4.69) is 54.3 Å². The van der Waals surface area contributed by atoms with E-state index in [-0.39, 0.29) is 0 Å². The number of rotatable bonds is 6. The van der Waals surface area contributed by atoms with Crippen LogP contribution in [0.25, 0.3) is 0 Å². The van der Waals surface area contributed by atoms with E-state index in [1.165, 1.54) is 36.1 Å². The highest BCUT2D eigenvalue weighted by atomic mass is 16.5. The van der Waals surface area contributed by atoms with Crippen molar-refractivity contribution in [3.8, 4) is 11.5 Å². The van der Waals surface area contributed by atoms with Gasteiger partial charge >= 0.3 is 0 Å². The van der Waals surface area contributed by atoms with E-state index < -0.39 is 0 Å². The van der Waals surface area contributed by atoms with Gasteiger partial charge in [-0.15, -0.1) is 0 Å². The number of unbranched alkanes of at least 4 members (excludes halogenated alkanes) is 1. The molecule has 1 atom stereocenters. The second-order valence-corrected chi connectivity index (χ2v) is 6.77. The van der Waals surface area contributed by atoms with E-state index in [4.69, 9.17) is 9.47 Å². The summed E-state index contributed by atoms with van der Waals surface area (Å²) in [5, 5.41) is 0. The smallest absolute Gasteiger partial charge is 0.161 e. The van der Waals surface area contributed by atoms with Crippen LogP contribution in [0.15, 0.2) is 42.5 Å². The molecule has 0 aromatic heterocycles. The molecule has 2 aromatic carbocycles. The van der Waals surface area contributed by atoms with Crippen molar-refractivity contribution >= 4 is 0 Å². The highest BCUT2D eigenvalue weighted by molar-refractivity contribution is 5.51. The second-order valence-electron chi connectivity index (χ2n) is 6.77. The number of benzene rings is 2. The Balaban J connectivity index is 2.03. The topological polar surface area (TPSA) is 21.7 Å². The molecule has 0 fully saturated rings. The Morgan fingerprint density at radius 2 is 1.76 bits per heavy atom. The lowest BCUT2D eigenvalue weighted by Crippen LogP contribution is -2.29. The largest absolute Gasteiger partial charge is 0.493 e. The van der Waals surface area contributed by atoms with E-state index in [9.17, 15) is 0 Å². The Hall–Kier alpha value is -2.00. The Bertz CT molecular complexity index is 684. The van der Waals surface area contributed by atoms with Crippen LogP contribution in [0.4, 0.5) is 0 Å². The minimum atomic E-state index is 0.371. The molecule has 0 aliphatic carbocycles. The van der Waals surface area contributed by atoms with Crippen LogP contribution in [0, 0.1) is 0 Å². The Labute approximate surface area is 151 Å². The van der Waals surface area contributed by atoms with Gasteiger partial charge < -0.3 is 14.4 Å². The number of ether oxygens (including phenoxy) is 2. The van der Waals surface area contributed by atoms with Gasteiger partial charge in [-0.3, -0.25) is 0 Å². The summed E-state index contributed by atoms with van der Waals surface area (Å²) in [6.45, 7) is 5.59. The molecule has 2 aromatic rings. The van der Waals surface area contributed by atoms with Crippen LogP contribution >= 0.6 is 0 Å². The summed E-state index contributed by atoms with van der Waals surface area (Å²) in [7, 11) is 3.43. The predicted molar refractivity (Wildman–Crippen MR) is 103 cm³/mol. The van der Waals surface area contributed by atoms with Crippen LogP contribution < -0.4 is 9.47 Å². The fourth-order valence-corrected chi connectivity index (χ4v) is 3.76. The third-order valence-electron chi connectivity index (χ3n) is 5.19. The quantitative estimate of drug-likeness (QED) is 0.774. The van der Waals surface area contributed by atoms with Gasteiger partial charge in [0, 0.05) is 19.0 Å². The van der Waals surface area contributed by atoms with E-state index in [0.29, 0.717) is 5.92 Å². The van der Waals surface area contributed by atoms with Crippen molar-refractivity contribution in [2.75, 3.05) is 33.9 Å². The normalized spacial score (nSPS) is 17.6. The van der Waals surface area contributed by atoms with Crippen molar-refractivity contribution in [1.29, 1.82) is 0 Å². The van der Waals surface area contributed by atoms with Crippen molar-refractivity contribution in [2.24, 2.45) is 0 Å². The van der Waals surface area contributed by atoms with Gasteiger partial charge in [0.15, 0.2) is 11.5 Å². The third-order valence-corrected chi connectivity index (χ3v) is 5.19. The first-order valence-electron chi connectivity index (χ1n) is 9.29. The lowest BCUT2D eigenvalue weighted by Gasteiger charge is -2.25. The third kappa shape index (κ3) is 3.98. The van der Waals surface area contributed by atoms with Crippen molar-refractivity contribution in [3.05, 3.63) is 59.2 Å². The minimum Gasteiger partial charge on any atom is -0.493 e. The molecule has 1 aliphatic rings. The number of methoxy groups -OCH3 is 2. The summed E-state index contributed by atoms with van der Waals surface area (Å²) in [6, 6.07) is 15.2. The molecule has 25 heavy (non-hydrogen) atoms. The van der Waals surface area contributed by atoms with Crippen molar-refractivity contribution < 1.29 is 9.47 Å². The molecule has 134 valence electrons. The number of hydrogen-bond acceptors (Lipinski definition) is 3. The molecule has 0 bridgehead atoms. The summed E-state index contributed by atoms with van der Waals surface area (Å²) in [6.07, 6.45) is 3.55. The first kappa shape index (κ1) is 17.8. The zero-order valence-corrected chi connectivity index (χ0v) is 15.6. The predicted octanol–water partition coefficient (Wildman–Crippen LogP) is 4.49. The van der Waals surface area contributed by atoms with Gasteiger partial charge in [0.1, 0.15) is 0 Å². The lowest BCUT2D eigenvalue weighted by molar-refractivity contribution is 0.272. The molecule has 0 N–H and O–H groups in total. The van der Waals surface area contributed by atoms with Crippen LogP contribution in [0.5, 0.6) is 11.5 Å². The summed E-state index contributed by atoms with van der Waals surface area (Å²) in [5.74, 6) is 2.02. The minimum absolute atomic E-state index is 0.371. The number of hydrogen-bond donors (Lipinski definition) is 0. The van der Waals surface area contributed by atoms with Gasteiger partial charge in [-0.1, -0.05) is 43.7 Å². The zero-order chi connectivity index (χ0) is 17.6. The molecule has 0 amide bonds. The molecular formula is C22H29NO2. The monoisotopic (exact) mass is 339 g/mol. The van der Waals surface area contributed by atoms with Crippen molar-refractivity contribution in [2.45, 2.75) is 32.1 Å². The van der Waals surface area contributed by atoms with Gasteiger partial charge in [0.2, 0.25) is 0 Å². The van der Waals surface area contributed by atoms with Gasteiger partial charge in [0.25, 0.3) is 0 Å². The van der Waals surface area contributed by atoms with E-state index >= 15 is 0 Å². The molecule has 0 saturated carbocycles. The Morgan fingerprint density at radius 3 is 2.44 bits per heavy atom. The van der Waals surface area contributed by atoms with Crippen molar-refractivity contribution in [1.82, 2.24) is 4.90 Å². The standard InChI is InChI=1S/C22H29NO2/c1-4-5-12-23-13-11-18-14-21(24-2)22(25-3)15-19(18)20(16-23)17-9-7-6-8-10-17/h6-10,14-15,20H,4-5,11-13,16H2,1-3H3. The number of nitrogens with zero attached hydrogens (tertiary/aromatic N) is 1. The van der Waals surface area contributed by atoms with E-state index in [0.717, 1.165) is 31.0 Å². The van der Waals surface area contributed by atoms with Gasteiger partial charge in [-0.05, 0) is 48.2 Å². The summed E-state index contributed by atoms with van der Waals surface area (Å²) in [5.41, 5.74) is 4.13. The molecule has 1 unspecified atom stereocenters. The SMILES string of the molecule is CCCCN1CCc2cc(OC)c(OC)cc2C(c2ccccc2)C1. The molecule has 0 radical (unpaired) electrons. The summed E-state index contributed by atoms with van der Waals surface area (Å²) >= 11 is 0. The maximum atomic E-state index is 5.58. The van der Waals surface area contributed by atoms with Crippen LogP contribution in [0.2, 0.25) is 0 Å². The Kier molecular flexibility index (Phi) is 5.98. The summed E-state index contributed by atoms with van der Waals surface area (Å²) < 4.78 is 11.1. The molecule has 3 heteroatoms. The molecule has 1 aliphatic heterocycles. The van der Waals surface area contributed by atoms with E-state index in [1.54, 1.807) is 14.2 Å². The average molecular weight is 339 g/mol. The number of fused-ring (bicyclic) bond motifs is 1. The fourth-order valence-electron chi connectivity index (χ4n) is 3.76. The maximum absolute atomic E-state index is 5.58. The van der Waals surface area contributed by atoms with Crippen LogP contribution in [0.1, 0.15) is 42.4 Å². The Morgan fingerprint density at radius 1 is 1.04 bits per heavy atom. The van der Waals surface area contributed by atoms with Crippen LogP contribution in [-0.4, -0.2) is 38.8 Å². The second kappa shape index (κ2) is 8.39. The van der Waals surface area contributed by atoms with Crippen molar-refractivity contribution in [3.63, 3.8) is 0 Å². The highest BCUT2D eigenvalue weighted by Gasteiger charge is 2.26. The van der Waals surface area contributed by atoms with Gasteiger partial charge in [-0.2, -0.15) is 0 Å². The molecule has 0 spiro atoms. The molecule has 0 saturated heterocycles. The molecule has 1 heterocycles. The first-order valence-corrected chi connectivity index (χ1v) is 9.29. The summed E-state index contributed by atoms with van der Waals surface area (Å²) in [4.78, 5) is 2.61. The first-order chi connectivity index (χ1) is 12.3. The van der Waals surface area contributed by atoms with Crippen LogP contribution in [-0.2, 0) is 6.42 Å². The molecule has 3 rings (SSSR count). The van der Waals surface area contributed by atoms with Gasteiger partial charge in [-0.25, -0.2) is 0 Å². The fraction of sp³-hybridized carbons (Fsp3) is 0.455. The van der Waals surface area contributed by atoms with Crippen LogP contribution in [0.3, 0.4) is 0 Å². The van der Waals surface area contributed by atoms with E-state index in [1.807, 2.05) is 0 Å². The molecule has 3 nitrogen and oxygen atoms in total. The molecular weight excluding hydrogens is 310 g/mol. The average Bonchev–Trinajstić information content (AvgIpc) is 2.85. The maximum Gasteiger partial charge on any atom is 0.161 e.